The summed E-state index contributed by atoms with van der Waals surface area (Å²) in [6, 6.07) is 6.10. The molecule has 0 bridgehead atoms. The zero-order chi connectivity index (χ0) is 17.8. The molecular weight excluding hydrogens is 345 g/mol. The molecule has 2 aromatic heterocycles. The van der Waals surface area contributed by atoms with Crippen molar-refractivity contribution >= 4 is 29.4 Å². The van der Waals surface area contributed by atoms with E-state index in [4.69, 9.17) is 11.6 Å². The largest absolute Gasteiger partial charge is 0.304 e. The van der Waals surface area contributed by atoms with Crippen molar-refractivity contribution in [1.82, 2.24) is 19.6 Å². The Balaban J connectivity index is 1.64. The van der Waals surface area contributed by atoms with Crippen LogP contribution in [0.25, 0.3) is 6.08 Å². The first-order chi connectivity index (χ1) is 12.0. The lowest BCUT2D eigenvalue weighted by Crippen LogP contribution is -2.09. The van der Waals surface area contributed by atoms with Crippen molar-refractivity contribution in [3.8, 4) is 0 Å². The summed E-state index contributed by atoms with van der Waals surface area (Å²) in [5.41, 5.74) is 1.68. The van der Waals surface area contributed by atoms with Gasteiger partial charge in [-0.05, 0) is 23.8 Å². The summed E-state index contributed by atoms with van der Waals surface area (Å²) >= 11 is 6.11. The Morgan fingerprint density at radius 1 is 1.32 bits per heavy atom. The van der Waals surface area contributed by atoms with Gasteiger partial charge in [-0.25, -0.2) is 4.39 Å². The molecule has 1 N–H and O–H groups in total. The van der Waals surface area contributed by atoms with Gasteiger partial charge in [0.15, 0.2) is 5.82 Å². The van der Waals surface area contributed by atoms with Gasteiger partial charge in [0, 0.05) is 31.1 Å². The third-order valence-corrected chi connectivity index (χ3v) is 3.65. The summed E-state index contributed by atoms with van der Waals surface area (Å²) in [4.78, 5) is 12.0. The summed E-state index contributed by atoms with van der Waals surface area (Å²) in [6.07, 6.45) is 8.06. The van der Waals surface area contributed by atoms with Crippen molar-refractivity contribution in [1.29, 1.82) is 0 Å². The lowest BCUT2D eigenvalue weighted by Gasteiger charge is -2.01. The van der Waals surface area contributed by atoms with Crippen LogP contribution in [0.4, 0.5) is 10.2 Å². The van der Waals surface area contributed by atoms with E-state index in [1.54, 1.807) is 53.2 Å². The number of nitrogens with zero attached hydrogens (tertiary/aromatic N) is 4. The van der Waals surface area contributed by atoms with E-state index < -0.39 is 0 Å². The summed E-state index contributed by atoms with van der Waals surface area (Å²) < 4.78 is 16.2. The van der Waals surface area contributed by atoms with Gasteiger partial charge in [-0.15, -0.1) is 0 Å². The van der Waals surface area contributed by atoms with Gasteiger partial charge in [0.25, 0.3) is 0 Å². The number of halogens is 2. The normalized spacial score (nSPS) is 11.2. The molecule has 128 valence electrons. The molecular formula is C17H15ClFN5O. The second-order valence-electron chi connectivity index (χ2n) is 5.42. The van der Waals surface area contributed by atoms with E-state index in [1.165, 1.54) is 18.2 Å². The maximum absolute atomic E-state index is 12.9. The SMILES string of the molecule is Cn1cc(/C=C/C(=O)Nc2nn(Cc3ccc(F)cc3)cc2Cl)cn1. The van der Waals surface area contributed by atoms with Gasteiger partial charge < -0.3 is 5.32 Å². The van der Waals surface area contributed by atoms with Gasteiger partial charge in [-0.3, -0.25) is 14.2 Å². The number of nitrogens with one attached hydrogen (secondary N) is 1. The Labute approximate surface area is 148 Å². The molecule has 25 heavy (non-hydrogen) atoms. The highest BCUT2D eigenvalue weighted by molar-refractivity contribution is 6.33. The molecule has 1 amide bonds. The Kier molecular flexibility index (Phi) is 4.95. The number of aryl methyl sites for hydroxylation is 1. The number of carbonyl (C=O) groups excluding carboxylic acids is 1. The average Bonchev–Trinajstić information content (AvgIpc) is 3.14. The molecule has 0 saturated carbocycles. The molecule has 0 radical (unpaired) electrons. The Morgan fingerprint density at radius 3 is 2.76 bits per heavy atom. The number of rotatable bonds is 5. The number of carbonyl (C=O) groups is 1. The van der Waals surface area contributed by atoms with E-state index in [9.17, 15) is 9.18 Å². The smallest absolute Gasteiger partial charge is 0.249 e. The van der Waals surface area contributed by atoms with Crippen LogP contribution < -0.4 is 5.32 Å². The topological polar surface area (TPSA) is 64.7 Å². The number of aromatic nitrogens is 4. The lowest BCUT2D eigenvalue weighted by molar-refractivity contribution is -0.111. The summed E-state index contributed by atoms with van der Waals surface area (Å²) in [6.45, 7) is 0.418. The monoisotopic (exact) mass is 359 g/mol. The number of benzene rings is 1. The third-order valence-electron chi connectivity index (χ3n) is 3.37. The first-order valence-electron chi connectivity index (χ1n) is 7.45. The second kappa shape index (κ2) is 7.31. The molecule has 0 fully saturated rings. The summed E-state index contributed by atoms with van der Waals surface area (Å²) in [5.74, 6) is -0.377. The van der Waals surface area contributed by atoms with Crippen molar-refractivity contribution in [2.45, 2.75) is 6.54 Å². The van der Waals surface area contributed by atoms with Crippen molar-refractivity contribution in [2.75, 3.05) is 5.32 Å². The van der Waals surface area contributed by atoms with Crippen molar-refractivity contribution in [3.05, 3.63) is 70.9 Å². The number of hydrogen-bond donors (Lipinski definition) is 1. The van der Waals surface area contributed by atoms with Gasteiger partial charge in [-0.1, -0.05) is 23.7 Å². The van der Waals surface area contributed by atoms with Crippen LogP contribution in [-0.4, -0.2) is 25.5 Å². The highest BCUT2D eigenvalue weighted by Crippen LogP contribution is 2.20. The van der Waals surface area contributed by atoms with Gasteiger partial charge in [0.1, 0.15) is 10.8 Å². The lowest BCUT2D eigenvalue weighted by atomic mass is 10.2. The molecule has 0 aliphatic rings. The molecule has 3 rings (SSSR count). The van der Waals surface area contributed by atoms with Gasteiger partial charge in [0.05, 0.1) is 12.7 Å². The van der Waals surface area contributed by atoms with Crippen molar-refractivity contribution < 1.29 is 9.18 Å². The highest BCUT2D eigenvalue weighted by Gasteiger charge is 2.09. The van der Waals surface area contributed by atoms with Gasteiger partial charge in [-0.2, -0.15) is 10.2 Å². The van der Waals surface area contributed by atoms with E-state index in [-0.39, 0.29) is 17.5 Å². The minimum Gasteiger partial charge on any atom is -0.304 e. The molecule has 1 aromatic carbocycles. The quantitative estimate of drug-likeness (QED) is 0.712. The Bertz CT molecular complexity index is 914. The van der Waals surface area contributed by atoms with E-state index in [1.807, 2.05) is 0 Å². The van der Waals surface area contributed by atoms with Crippen molar-refractivity contribution in [2.24, 2.45) is 7.05 Å². The van der Waals surface area contributed by atoms with E-state index >= 15 is 0 Å². The van der Waals surface area contributed by atoms with Crippen molar-refractivity contribution in [3.63, 3.8) is 0 Å². The molecule has 0 aliphatic heterocycles. The first-order valence-corrected chi connectivity index (χ1v) is 7.82. The number of amides is 1. The number of anilines is 1. The van der Waals surface area contributed by atoms with Gasteiger partial charge in [0.2, 0.25) is 5.91 Å². The standard InChI is InChI=1S/C17H15ClFN5O/c1-23-9-13(8-20-23)4-7-16(25)21-17-15(18)11-24(22-17)10-12-2-5-14(19)6-3-12/h2-9,11H,10H2,1H3,(H,21,22,25)/b7-4+. The van der Waals surface area contributed by atoms with E-state index in [0.29, 0.717) is 11.6 Å². The van der Waals surface area contributed by atoms with Crippen LogP contribution in [0.15, 0.2) is 48.9 Å². The zero-order valence-electron chi connectivity index (χ0n) is 13.4. The molecule has 2 heterocycles. The third kappa shape index (κ3) is 4.54. The van der Waals surface area contributed by atoms with Crippen LogP contribution in [0.1, 0.15) is 11.1 Å². The zero-order valence-corrected chi connectivity index (χ0v) is 14.1. The van der Waals surface area contributed by atoms with Crippen LogP contribution >= 0.6 is 11.6 Å². The van der Waals surface area contributed by atoms with Crippen LogP contribution in [0.5, 0.6) is 0 Å². The van der Waals surface area contributed by atoms with Crippen LogP contribution in [0, 0.1) is 5.82 Å². The average molecular weight is 360 g/mol. The van der Waals surface area contributed by atoms with E-state index in [0.717, 1.165) is 11.1 Å². The van der Waals surface area contributed by atoms with Crippen LogP contribution in [0.3, 0.4) is 0 Å². The molecule has 0 saturated heterocycles. The minimum atomic E-state index is -0.349. The van der Waals surface area contributed by atoms with Crippen LogP contribution in [-0.2, 0) is 18.4 Å². The maximum Gasteiger partial charge on any atom is 0.249 e. The fourth-order valence-electron chi connectivity index (χ4n) is 2.20. The Morgan fingerprint density at radius 2 is 2.08 bits per heavy atom. The van der Waals surface area contributed by atoms with Crippen LogP contribution in [0.2, 0.25) is 5.02 Å². The second-order valence-corrected chi connectivity index (χ2v) is 5.83. The van der Waals surface area contributed by atoms with E-state index in [2.05, 4.69) is 15.5 Å². The molecule has 3 aromatic rings. The molecule has 0 aliphatic carbocycles. The highest BCUT2D eigenvalue weighted by atomic mass is 35.5. The molecule has 0 unspecified atom stereocenters. The Hall–Kier alpha value is -2.93. The number of hydrogen-bond acceptors (Lipinski definition) is 3. The summed E-state index contributed by atoms with van der Waals surface area (Å²) in [7, 11) is 1.80. The molecule has 8 heteroatoms. The predicted octanol–water partition coefficient (Wildman–Crippen LogP) is 3.11. The van der Waals surface area contributed by atoms with Gasteiger partial charge >= 0.3 is 0 Å². The molecule has 0 atom stereocenters. The maximum atomic E-state index is 12.9. The fourth-order valence-corrected chi connectivity index (χ4v) is 2.39. The molecule has 0 spiro atoms. The fraction of sp³-hybridized carbons (Fsp3) is 0.118. The minimum absolute atomic E-state index is 0.268. The molecule has 6 nitrogen and oxygen atoms in total. The predicted molar refractivity (Wildman–Crippen MR) is 93.6 cm³/mol. The first kappa shape index (κ1) is 16.9. The summed E-state index contributed by atoms with van der Waals surface area (Å²) in [5, 5.41) is 11.2.